The zero-order valence-electron chi connectivity index (χ0n) is 13.8. The van der Waals surface area contributed by atoms with E-state index in [1.54, 1.807) is 24.3 Å². The normalized spacial score (nSPS) is 10.8. The molecule has 0 aliphatic rings. The van der Waals surface area contributed by atoms with E-state index in [1.807, 2.05) is 19.1 Å². The first-order valence-corrected chi connectivity index (χ1v) is 8.30. The molecule has 25 heavy (non-hydrogen) atoms. The Morgan fingerprint density at radius 2 is 2.16 bits per heavy atom. The number of halogens is 1. The molecule has 0 spiro atoms. The number of fused-ring (bicyclic) bond motifs is 1. The molecule has 130 valence electrons. The van der Waals surface area contributed by atoms with Gasteiger partial charge in [-0.3, -0.25) is 4.79 Å². The first-order chi connectivity index (χ1) is 12.1. The van der Waals surface area contributed by atoms with Crippen molar-refractivity contribution in [1.82, 2.24) is 15.3 Å². The summed E-state index contributed by atoms with van der Waals surface area (Å²) in [5.74, 6) is 0.946. The fraction of sp³-hybridized carbons (Fsp3) is 0.222. The first kappa shape index (κ1) is 17.3. The van der Waals surface area contributed by atoms with Gasteiger partial charge in [-0.2, -0.15) is 0 Å². The second-order valence-corrected chi connectivity index (χ2v) is 6.10. The van der Waals surface area contributed by atoms with Crippen LogP contribution in [0.1, 0.15) is 21.7 Å². The molecule has 0 saturated heterocycles. The Bertz CT molecular complexity index is 907. The van der Waals surface area contributed by atoms with Gasteiger partial charge < -0.3 is 20.8 Å². The minimum atomic E-state index is -0.228. The number of amides is 1. The third kappa shape index (κ3) is 4.10. The summed E-state index contributed by atoms with van der Waals surface area (Å²) in [5.41, 5.74) is 8.56. The van der Waals surface area contributed by atoms with Crippen LogP contribution in [0.3, 0.4) is 0 Å². The molecule has 1 amide bonds. The number of ether oxygens (including phenoxy) is 1. The van der Waals surface area contributed by atoms with Crippen molar-refractivity contribution < 1.29 is 9.53 Å². The van der Waals surface area contributed by atoms with Crippen LogP contribution in [0.4, 0.5) is 0 Å². The number of nitrogens with two attached hydrogens (primary N) is 1. The van der Waals surface area contributed by atoms with Gasteiger partial charge in [-0.1, -0.05) is 23.2 Å². The summed E-state index contributed by atoms with van der Waals surface area (Å²) in [6.45, 7) is 2.94. The quantitative estimate of drug-likeness (QED) is 0.631. The number of H-pyrrole nitrogens is 1. The Kier molecular flexibility index (Phi) is 5.21. The number of hydrogen-bond donors (Lipinski definition) is 3. The van der Waals surface area contributed by atoms with Gasteiger partial charge in [0.05, 0.1) is 23.1 Å². The summed E-state index contributed by atoms with van der Waals surface area (Å²) in [6.07, 6.45) is 0. The zero-order chi connectivity index (χ0) is 17.8. The fourth-order valence-electron chi connectivity index (χ4n) is 2.49. The Morgan fingerprint density at radius 1 is 1.32 bits per heavy atom. The van der Waals surface area contributed by atoms with Gasteiger partial charge in [0.15, 0.2) is 0 Å². The number of hydrogen-bond acceptors (Lipinski definition) is 4. The van der Waals surface area contributed by atoms with E-state index in [-0.39, 0.29) is 12.5 Å². The molecule has 1 heterocycles. The first-order valence-electron chi connectivity index (χ1n) is 7.92. The van der Waals surface area contributed by atoms with E-state index >= 15 is 0 Å². The monoisotopic (exact) mass is 358 g/mol. The van der Waals surface area contributed by atoms with E-state index in [1.165, 1.54) is 0 Å². The molecule has 0 bridgehead atoms. The molecular formula is C18H19ClN4O2. The van der Waals surface area contributed by atoms with Crippen molar-refractivity contribution in [2.45, 2.75) is 13.5 Å². The molecule has 7 heteroatoms. The maximum Gasteiger partial charge on any atom is 0.255 e. The van der Waals surface area contributed by atoms with Gasteiger partial charge in [0.2, 0.25) is 0 Å². The average molecular weight is 359 g/mol. The number of aryl methyl sites for hydroxylation is 1. The van der Waals surface area contributed by atoms with E-state index in [0.717, 1.165) is 16.6 Å². The summed E-state index contributed by atoms with van der Waals surface area (Å²) < 4.78 is 5.55. The van der Waals surface area contributed by atoms with E-state index in [4.69, 9.17) is 22.1 Å². The van der Waals surface area contributed by atoms with Crippen LogP contribution in [0.25, 0.3) is 11.0 Å². The summed E-state index contributed by atoms with van der Waals surface area (Å²) >= 11 is 5.97. The van der Waals surface area contributed by atoms with Gasteiger partial charge in [0.25, 0.3) is 5.91 Å². The number of benzene rings is 2. The highest BCUT2D eigenvalue weighted by molar-refractivity contribution is 6.31. The molecule has 0 unspecified atom stereocenters. The van der Waals surface area contributed by atoms with Crippen LogP contribution in [0.5, 0.6) is 5.75 Å². The lowest BCUT2D eigenvalue weighted by molar-refractivity contribution is 0.0946. The summed E-state index contributed by atoms with van der Waals surface area (Å²) in [6, 6.07) is 10.9. The number of carbonyl (C=O) groups excluding carboxylic acids is 1. The molecule has 3 rings (SSSR count). The highest BCUT2D eigenvalue weighted by atomic mass is 35.5. The van der Waals surface area contributed by atoms with Crippen LogP contribution in [0.2, 0.25) is 5.02 Å². The third-order valence-electron chi connectivity index (χ3n) is 3.66. The zero-order valence-corrected chi connectivity index (χ0v) is 14.6. The van der Waals surface area contributed by atoms with Crippen LogP contribution in [-0.4, -0.2) is 29.0 Å². The molecule has 0 aliphatic heterocycles. The van der Waals surface area contributed by atoms with Crippen molar-refractivity contribution in [3.63, 3.8) is 0 Å². The smallest absolute Gasteiger partial charge is 0.255 e. The van der Waals surface area contributed by atoms with Gasteiger partial charge in [-0.05, 0) is 37.3 Å². The van der Waals surface area contributed by atoms with Gasteiger partial charge >= 0.3 is 0 Å². The highest BCUT2D eigenvalue weighted by Crippen LogP contribution is 2.20. The average Bonchev–Trinajstić information content (AvgIpc) is 3.00. The van der Waals surface area contributed by atoms with Crippen LogP contribution >= 0.6 is 11.6 Å². The number of rotatable bonds is 6. The second-order valence-electron chi connectivity index (χ2n) is 5.66. The number of aromatic nitrogens is 2. The van der Waals surface area contributed by atoms with Crippen molar-refractivity contribution >= 4 is 28.5 Å². The van der Waals surface area contributed by atoms with Crippen molar-refractivity contribution in [1.29, 1.82) is 0 Å². The number of carbonyl (C=O) groups is 1. The van der Waals surface area contributed by atoms with Crippen LogP contribution in [0, 0.1) is 6.92 Å². The molecule has 4 N–H and O–H groups in total. The molecule has 1 aromatic heterocycles. The predicted octanol–water partition coefficient (Wildman–Crippen LogP) is 2.79. The van der Waals surface area contributed by atoms with Gasteiger partial charge in [-0.15, -0.1) is 0 Å². The van der Waals surface area contributed by atoms with Crippen LogP contribution in [0.15, 0.2) is 36.4 Å². The maximum atomic E-state index is 12.5. The van der Waals surface area contributed by atoms with E-state index in [9.17, 15) is 4.79 Å². The third-order valence-corrected chi connectivity index (χ3v) is 3.90. The molecule has 0 radical (unpaired) electrons. The van der Waals surface area contributed by atoms with Crippen molar-refractivity contribution in [2.24, 2.45) is 5.73 Å². The molecule has 0 atom stereocenters. The van der Waals surface area contributed by atoms with Gasteiger partial charge in [0, 0.05) is 11.6 Å². The van der Waals surface area contributed by atoms with Crippen LogP contribution in [-0.2, 0) is 6.54 Å². The summed E-state index contributed by atoms with van der Waals surface area (Å²) in [5, 5.41) is 3.49. The Labute approximate surface area is 150 Å². The molecule has 2 aromatic carbocycles. The van der Waals surface area contributed by atoms with E-state index in [0.29, 0.717) is 35.3 Å². The molecule has 6 nitrogen and oxygen atoms in total. The Morgan fingerprint density at radius 3 is 2.96 bits per heavy atom. The largest absolute Gasteiger partial charge is 0.491 e. The Hall–Kier alpha value is -2.57. The minimum absolute atomic E-state index is 0.228. The number of nitrogens with zero attached hydrogens (tertiary/aromatic N) is 1. The minimum Gasteiger partial charge on any atom is -0.491 e. The molecule has 3 aromatic rings. The SMILES string of the molecule is Cc1ccc(OCCN)c(C(=O)NCc2nc3ccc(Cl)cc3[nH]2)c1. The van der Waals surface area contributed by atoms with Crippen molar-refractivity contribution in [3.8, 4) is 5.75 Å². The van der Waals surface area contributed by atoms with Crippen molar-refractivity contribution in [3.05, 3.63) is 58.4 Å². The fourth-order valence-corrected chi connectivity index (χ4v) is 2.67. The molecule has 0 aliphatic carbocycles. The van der Waals surface area contributed by atoms with E-state index < -0.39 is 0 Å². The maximum absolute atomic E-state index is 12.5. The number of aromatic amines is 1. The second kappa shape index (κ2) is 7.55. The lowest BCUT2D eigenvalue weighted by atomic mass is 10.1. The molecule has 0 fully saturated rings. The standard InChI is InChI=1S/C18H19ClN4O2/c1-11-2-5-16(25-7-6-20)13(8-11)18(24)21-10-17-22-14-4-3-12(19)9-15(14)23-17/h2-5,8-9H,6-7,10,20H2,1H3,(H,21,24)(H,22,23). The summed E-state index contributed by atoms with van der Waals surface area (Å²) in [7, 11) is 0. The Balaban J connectivity index is 1.74. The number of nitrogens with one attached hydrogen (secondary N) is 2. The lowest BCUT2D eigenvalue weighted by Crippen LogP contribution is -2.24. The molecule has 0 saturated carbocycles. The summed E-state index contributed by atoms with van der Waals surface area (Å²) in [4.78, 5) is 20.1. The van der Waals surface area contributed by atoms with Gasteiger partial charge in [0.1, 0.15) is 18.2 Å². The lowest BCUT2D eigenvalue weighted by Gasteiger charge is -2.11. The van der Waals surface area contributed by atoms with Gasteiger partial charge in [-0.25, -0.2) is 4.98 Å². The highest BCUT2D eigenvalue weighted by Gasteiger charge is 2.14. The predicted molar refractivity (Wildman–Crippen MR) is 98.0 cm³/mol. The molecular weight excluding hydrogens is 340 g/mol. The topological polar surface area (TPSA) is 93.0 Å². The van der Waals surface area contributed by atoms with Crippen LogP contribution < -0.4 is 15.8 Å². The van der Waals surface area contributed by atoms with Crippen molar-refractivity contribution in [2.75, 3.05) is 13.2 Å². The number of imidazole rings is 1. The van der Waals surface area contributed by atoms with E-state index in [2.05, 4.69) is 15.3 Å².